The third-order valence-electron chi connectivity index (χ3n) is 3.82. The van der Waals surface area contributed by atoms with Crippen LogP contribution < -0.4 is 0 Å². The molecule has 0 aliphatic carbocycles. The Bertz CT molecular complexity index is 239. The molecule has 0 spiro atoms. The van der Waals surface area contributed by atoms with Gasteiger partial charge in [0.25, 0.3) is 0 Å². The Balaban J connectivity index is 3.84. The summed E-state index contributed by atoms with van der Waals surface area (Å²) in [5, 5.41) is 9.04. The van der Waals surface area contributed by atoms with Crippen molar-refractivity contribution < 1.29 is 9.90 Å². The summed E-state index contributed by atoms with van der Waals surface area (Å²) in [5.41, 5.74) is -0.576. The summed E-state index contributed by atoms with van der Waals surface area (Å²) in [5.74, 6) is 0.0647. The van der Waals surface area contributed by atoms with Crippen LogP contribution in [0.2, 0.25) is 0 Å². The van der Waals surface area contributed by atoms with Crippen molar-refractivity contribution in [1.82, 2.24) is 4.90 Å². The van der Waals surface area contributed by atoms with Gasteiger partial charge in [0.15, 0.2) is 0 Å². The molecular weight excluding hydrogens is 226 g/mol. The first-order valence-electron chi connectivity index (χ1n) is 7.29. The van der Waals surface area contributed by atoms with E-state index >= 15 is 0 Å². The van der Waals surface area contributed by atoms with Gasteiger partial charge in [0.2, 0.25) is 0 Å². The van der Waals surface area contributed by atoms with Crippen molar-refractivity contribution in [2.24, 2.45) is 11.3 Å². The molecule has 1 unspecified atom stereocenters. The Morgan fingerprint density at radius 3 is 2.33 bits per heavy atom. The van der Waals surface area contributed by atoms with Crippen LogP contribution in [-0.4, -0.2) is 35.6 Å². The molecule has 0 aromatic heterocycles. The predicted molar refractivity (Wildman–Crippen MR) is 76.8 cm³/mol. The second-order valence-electron chi connectivity index (χ2n) is 6.05. The number of carboxylic acid groups (broad SMARTS) is 1. The van der Waals surface area contributed by atoms with Gasteiger partial charge in [0.05, 0.1) is 5.41 Å². The van der Waals surface area contributed by atoms with Gasteiger partial charge >= 0.3 is 5.97 Å². The summed E-state index contributed by atoms with van der Waals surface area (Å²) in [6, 6.07) is 0. The number of unbranched alkanes of at least 4 members (excludes halogenated alkanes) is 1. The average molecular weight is 257 g/mol. The number of hydrogen-bond donors (Lipinski definition) is 1. The van der Waals surface area contributed by atoms with E-state index in [0.717, 1.165) is 44.8 Å². The molecule has 3 nitrogen and oxygen atoms in total. The highest BCUT2D eigenvalue weighted by Crippen LogP contribution is 2.23. The molecule has 18 heavy (non-hydrogen) atoms. The molecule has 108 valence electrons. The van der Waals surface area contributed by atoms with Crippen LogP contribution in [0.25, 0.3) is 0 Å². The Kier molecular flexibility index (Phi) is 8.25. The minimum atomic E-state index is -0.686. The standard InChI is InChI=1S/C15H31NO2/c1-6-13(3)12-16(7-2)11-9-8-10-15(4,5)14(17)18/h13H,6-12H2,1-5H3,(H,17,18). The molecule has 0 saturated carbocycles. The van der Waals surface area contributed by atoms with Crippen LogP contribution in [0.5, 0.6) is 0 Å². The summed E-state index contributed by atoms with van der Waals surface area (Å²) in [4.78, 5) is 13.5. The minimum absolute atomic E-state index is 0.576. The van der Waals surface area contributed by atoms with Crippen molar-refractivity contribution >= 4 is 5.97 Å². The van der Waals surface area contributed by atoms with Gasteiger partial charge in [-0.05, 0) is 45.7 Å². The lowest BCUT2D eigenvalue weighted by Crippen LogP contribution is -2.30. The van der Waals surface area contributed by atoms with Gasteiger partial charge in [-0.15, -0.1) is 0 Å². The smallest absolute Gasteiger partial charge is 0.309 e. The number of carbonyl (C=O) groups is 1. The molecule has 0 fully saturated rings. The molecule has 1 atom stereocenters. The number of carboxylic acids is 1. The van der Waals surface area contributed by atoms with Crippen molar-refractivity contribution in [2.75, 3.05) is 19.6 Å². The van der Waals surface area contributed by atoms with Crippen molar-refractivity contribution in [3.63, 3.8) is 0 Å². The Labute approximate surface area is 113 Å². The van der Waals surface area contributed by atoms with Crippen LogP contribution in [0, 0.1) is 11.3 Å². The van der Waals surface area contributed by atoms with E-state index in [-0.39, 0.29) is 0 Å². The SMILES string of the molecule is CCC(C)CN(CC)CCCCC(C)(C)C(=O)O. The highest BCUT2D eigenvalue weighted by Gasteiger charge is 2.26. The summed E-state index contributed by atoms with van der Waals surface area (Å²) in [6.07, 6.45) is 4.09. The molecule has 1 N–H and O–H groups in total. The fourth-order valence-corrected chi connectivity index (χ4v) is 1.96. The summed E-state index contributed by atoms with van der Waals surface area (Å²) >= 11 is 0. The molecule has 0 saturated heterocycles. The normalized spacial score (nSPS) is 13.9. The van der Waals surface area contributed by atoms with Gasteiger partial charge in [-0.25, -0.2) is 0 Å². The zero-order valence-corrected chi connectivity index (χ0v) is 12.8. The molecule has 0 rings (SSSR count). The molecule has 0 aliphatic rings. The molecule has 0 radical (unpaired) electrons. The van der Waals surface area contributed by atoms with Gasteiger partial charge in [-0.3, -0.25) is 4.79 Å². The lowest BCUT2D eigenvalue weighted by molar-refractivity contribution is -0.147. The monoisotopic (exact) mass is 257 g/mol. The fraction of sp³-hybridized carbons (Fsp3) is 0.933. The number of nitrogens with zero attached hydrogens (tertiary/aromatic N) is 1. The van der Waals surface area contributed by atoms with E-state index in [9.17, 15) is 4.79 Å². The molecule has 0 aliphatic heterocycles. The van der Waals surface area contributed by atoms with E-state index in [1.165, 1.54) is 6.42 Å². The second-order valence-corrected chi connectivity index (χ2v) is 6.05. The molecule has 0 aromatic rings. The van der Waals surface area contributed by atoms with Gasteiger partial charge in [0.1, 0.15) is 0 Å². The Morgan fingerprint density at radius 2 is 1.89 bits per heavy atom. The Hall–Kier alpha value is -0.570. The topological polar surface area (TPSA) is 40.5 Å². The van der Waals surface area contributed by atoms with E-state index in [0.29, 0.717) is 0 Å². The number of hydrogen-bond acceptors (Lipinski definition) is 2. The van der Waals surface area contributed by atoms with E-state index < -0.39 is 11.4 Å². The summed E-state index contributed by atoms with van der Waals surface area (Å²) < 4.78 is 0. The minimum Gasteiger partial charge on any atom is -0.481 e. The highest BCUT2D eigenvalue weighted by atomic mass is 16.4. The molecule has 3 heteroatoms. The van der Waals surface area contributed by atoms with E-state index in [4.69, 9.17) is 5.11 Å². The van der Waals surface area contributed by atoms with Crippen molar-refractivity contribution in [1.29, 1.82) is 0 Å². The third-order valence-corrected chi connectivity index (χ3v) is 3.82. The van der Waals surface area contributed by atoms with Crippen LogP contribution in [0.4, 0.5) is 0 Å². The third kappa shape index (κ3) is 7.00. The maximum absolute atomic E-state index is 11.0. The van der Waals surface area contributed by atoms with Crippen molar-refractivity contribution in [3.8, 4) is 0 Å². The fourth-order valence-electron chi connectivity index (χ4n) is 1.96. The molecule has 0 bridgehead atoms. The zero-order chi connectivity index (χ0) is 14.2. The number of rotatable bonds is 10. The molecule has 0 heterocycles. The van der Waals surface area contributed by atoms with E-state index in [1.807, 2.05) is 13.8 Å². The van der Waals surface area contributed by atoms with Crippen LogP contribution in [0.15, 0.2) is 0 Å². The largest absolute Gasteiger partial charge is 0.481 e. The van der Waals surface area contributed by atoms with Gasteiger partial charge in [0, 0.05) is 6.54 Å². The zero-order valence-electron chi connectivity index (χ0n) is 12.8. The Morgan fingerprint density at radius 1 is 1.28 bits per heavy atom. The molecule has 0 amide bonds. The van der Waals surface area contributed by atoms with Gasteiger partial charge in [-0.2, -0.15) is 0 Å². The van der Waals surface area contributed by atoms with E-state index in [1.54, 1.807) is 0 Å². The lowest BCUT2D eigenvalue weighted by Gasteiger charge is -2.24. The average Bonchev–Trinajstić information content (AvgIpc) is 2.32. The first kappa shape index (κ1) is 17.4. The van der Waals surface area contributed by atoms with Crippen LogP contribution in [0.3, 0.4) is 0 Å². The predicted octanol–water partition coefficient (Wildman–Crippen LogP) is 3.64. The summed E-state index contributed by atoms with van der Waals surface area (Å²) in [7, 11) is 0. The van der Waals surface area contributed by atoms with Crippen LogP contribution in [0.1, 0.15) is 60.3 Å². The first-order valence-corrected chi connectivity index (χ1v) is 7.29. The van der Waals surface area contributed by atoms with Crippen LogP contribution >= 0.6 is 0 Å². The van der Waals surface area contributed by atoms with Gasteiger partial charge in [-0.1, -0.05) is 33.6 Å². The van der Waals surface area contributed by atoms with Gasteiger partial charge < -0.3 is 10.0 Å². The lowest BCUT2D eigenvalue weighted by atomic mass is 9.87. The van der Waals surface area contributed by atoms with Crippen molar-refractivity contribution in [2.45, 2.75) is 60.3 Å². The molecule has 0 aromatic carbocycles. The van der Waals surface area contributed by atoms with E-state index in [2.05, 4.69) is 25.7 Å². The number of aliphatic carboxylic acids is 1. The second kappa shape index (κ2) is 8.52. The van der Waals surface area contributed by atoms with Crippen LogP contribution in [-0.2, 0) is 4.79 Å². The highest BCUT2D eigenvalue weighted by molar-refractivity contribution is 5.73. The summed E-state index contributed by atoms with van der Waals surface area (Å²) in [6.45, 7) is 13.7. The first-order chi connectivity index (χ1) is 8.33. The molecular formula is C15H31NO2. The maximum Gasteiger partial charge on any atom is 0.309 e. The quantitative estimate of drug-likeness (QED) is 0.607. The maximum atomic E-state index is 11.0. The van der Waals surface area contributed by atoms with Crippen molar-refractivity contribution in [3.05, 3.63) is 0 Å².